The lowest BCUT2D eigenvalue weighted by molar-refractivity contribution is 0.112. The highest BCUT2D eigenvalue weighted by Crippen LogP contribution is 2.17. The number of nitrogens with zero attached hydrogens (tertiary/aromatic N) is 3. The first-order valence-corrected chi connectivity index (χ1v) is 7.44. The van der Waals surface area contributed by atoms with Crippen LogP contribution in [0.4, 0.5) is 5.69 Å². The third-order valence-electron chi connectivity index (χ3n) is 3.43. The van der Waals surface area contributed by atoms with Crippen LogP contribution in [0.2, 0.25) is 0 Å². The number of guanidine groups is 1. The van der Waals surface area contributed by atoms with Crippen LogP contribution in [-0.2, 0) is 0 Å². The van der Waals surface area contributed by atoms with Gasteiger partial charge in [-0.1, -0.05) is 42.0 Å². The van der Waals surface area contributed by atoms with Crippen molar-refractivity contribution in [3.05, 3.63) is 65.2 Å². The Morgan fingerprint density at radius 2 is 1.64 bits per heavy atom. The third-order valence-corrected chi connectivity index (χ3v) is 3.43. The lowest BCUT2D eigenvalue weighted by Crippen LogP contribution is -2.36. The summed E-state index contributed by atoms with van der Waals surface area (Å²) >= 11 is 0. The van der Waals surface area contributed by atoms with E-state index in [-0.39, 0.29) is 18.4 Å². The highest BCUT2D eigenvalue weighted by Gasteiger charge is 2.13. The van der Waals surface area contributed by atoms with E-state index in [1.165, 1.54) is 5.01 Å². The quantitative estimate of drug-likeness (QED) is 0.380. The number of hydrazone groups is 1. The monoisotopic (exact) mass is 359 g/mol. The van der Waals surface area contributed by atoms with Gasteiger partial charge >= 0.3 is 0 Å². The normalized spacial score (nSPS) is 10.6. The third kappa shape index (κ3) is 5.06. The maximum atomic E-state index is 10.8. The van der Waals surface area contributed by atoms with Gasteiger partial charge in [0.25, 0.3) is 0 Å². The number of aryl methyl sites for hydroxylation is 1. The Labute approximate surface area is 153 Å². The average Bonchev–Trinajstić information content (AvgIpc) is 2.56. The molecule has 0 fully saturated rings. The van der Waals surface area contributed by atoms with Gasteiger partial charge in [0.15, 0.2) is 5.84 Å². The lowest BCUT2D eigenvalue weighted by atomic mass is 10.1. The van der Waals surface area contributed by atoms with E-state index in [2.05, 4.69) is 5.10 Å². The van der Waals surface area contributed by atoms with Gasteiger partial charge in [-0.3, -0.25) is 10.2 Å². The van der Waals surface area contributed by atoms with Crippen molar-refractivity contribution in [3.8, 4) is 0 Å². The molecule has 0 heterocycles. The number of nitrogens with two attached hydrogens (primary N) is 1. The van der Waals surface area contributed by atoms with Crippen molar-refractivity contribution in [1.29, 1.82) is 5.41 Å². The molecule has 3 N–H and O–H groups in total. The molecule has 2 aromatic rings. The highest BCUT2D eigenvalue weighted by atomic mass is 35.5. The molecule has 0 radical (unpaired) electrons. The minimum absolute atomic E-state index is 0. The number of hydrogen-bond acceptors (Lipinski definition) is 3. The molecule has 0 bridgehead atoms. The van der Waals surface area contributed by atoms with Gasteiger partial charge in [-0.15, -0.1) is 17.5 Å². The highest BCUT2D eigenvalue weighted by molar-refractivity contribution is 6.02. The zero-order valence-electron chi connectivity index (χ0n) is 14.4. The fourth-order valence-corrected chi connectivity index (χ4v) is 2.15. The Hall–Kier alpha value is -2.86. The van der Waals surface area contributed by atoms with E-state index in [0.717, 1.165) is 17.4 Å². The van der Waals surface area contributed by atoms with Crippen molar-refractivity contribution in [2.24, 2.45) is 10.8 Å². The molecule has 0 spiro atoms. The Kier molecular flexibility index (Phi) is 7.14. The number of anilines is 1. The standard InChI is InChI=1S/C18H21N5O.ClH/c1-13-4-10-16(11-5-13)23(18(19)20)21-17(22(2)3)15-8-6-14(12-24)7-9-15;/h4-12H,1-3H3,(H3,19,20);1H. The SMILES string of the molecule is Cc1ccc(N(N=C(c2ccc(C=O)cc2)N(C)C)C(=N)N)cc1.Cl. The minimum Gasteiger partial charge on any atom is -0.368 e. The van der Waals surface area contributed by atoms with E-state index in [9.17, 15) is 4.79 Å². The van der Waals surface area contributed by atoms with E-state index in [4.69, 9.17) is 11.1 Å². The second-order valence-electron chi connectivity index (χ2n) is 5.59. The van der Waals surface area contributed by atoms with Gasteiger partial charge in [0.1, 0.15) is 6.29 Å². The van der Waals surface area contributed by atoms with Crippen LogP contribution in [0, 0.1) is 12.3 Å². The summed E-state index contributed by atoms with van der Waals surface area (Å²) in [6, 6.07) is 14.7. The Balaban J connectivity index is 0.00000312. The zero-order valence-corrected chi connectivity index (χ0v) is 15.2. The predicted molar refractivity (Wildman–Crippen MR) is 105 cm³/mol. The van der Waals surface area contributed by atoms with E-state index in [0.29, 0.717) is 17.1 Å². The molecule has 0 aromatic heterocycles. The molecule has 2 rings (SSSR count). The molecule has 0 saturated carbocycles. The predicted octanol–water partition coefficient (Wildman–Crippen LogP) is 2.85. The fourth-order valence-electron chi connectivity index (χ4n) is 2.15. The first-order valence-electron chi connectivity index (χ1n) is 7.44. The first kappa shape index (κ1) is 20.2. The number of nitrogens with one attached hydrogen (secondary N) is 1. The van der Waals surface area contributed by atoms with Gasteiger partial charge in [-0.25, -0.2) is 0 Å². The smallest absolute Gasteiger partial charge is 0.214 e. The summed E-state index contributed by atoms with van der Waals surface area (Å²) in [4.78, 5) is 12.6. The van der Waals surface area contributed by atoms with Gasteiger partial charge in [-0.05, 0) is 19.1 Å². The van der Waals surface area contributed by atoms with Crippen LogP contribution in [0.1, 0.15) is 21.5 Å². The number of amidine groups is 1. The summed E-state index contributed by atoms with van der Waals surface area (Å²) in [5.74, 6) is 0.450. The van der Waals surface area contributed by atoms with Gasteiger partial charge < -0.3 is 10.6 Å². The van der Waals surface area contributed by atoms with Crippen LogP contribution in [0.5, 0.6) is 0 Å². The number of rotatable bonds is 4. The van der Waals surface area contributed by atoms with Crippen LogP contribution in [-0.4, -0.2) is 37.1 Å². The zero-order chi connectivity index (χ0) is 17.7. The number of halogens is 1. The van der Waals surface area contributed by atoms with Crippen LogP contribution in [0.3, 0.4) is 0 Å². The van der Waals surface area contributed by atoms with Crippen LogP contribution in [0.25, 0.3) is 0 Å². The number of hydrogen-bond donors (Lipinski definition) is 2. The largest absolute Gasteiger partial charge is 0.368 e. The molecular weight excluding hydrogens is 338 g/mol. The summed E-state index contributed by atoms with van der Waals surface area (Å²) in [7, 11) is 3.72. The summed E-state index contributed by atoms with van der Waals surface area (Å²) in [6.45, 7) is 1.99. The van der Waals surface area contributed by atoms with Crippen molar-refractivity contribution < 1.29 is 4.79 Å². The van der Waals surface area contributed by atoms with E-state index < -0.39 is 0 Å². The Morgan fingerprint density at radius 1 is 1.08 bits per heavy atom. The maximum absolute atomic E-state index is 10.8. The Morgan fingerprint density at radius 3 is 2.08 bits per heavy atom. The summed E-state index contributed by atoms with van der Waals surface area (Å²) < 4.78 is 0. The molecule has 0 aliphatic heterocycles. The van der Waals surface area contributed by atoms with E-state index in [1.807, 2.05) is 62.3 Å². The molecule has 0 saturated heterocycles. The molecule has 25 heavy (non-hydrogen) atoms. The molecule has 7 heteroatoms. The van der Waals surface area contributed by atoms with Crippen molar-refractivity contribution >= 4 is 36.2 Å². The second kappa shape index (κ2) is 8.84. The number of aldehydes is 1. The average molecular weight is 360 g/mol. The van der Waals surface area contributed by atoms with Crippen LogP contribution in [0.15, 0.2) is 53.6 Å². The molecule has 2 aromatic carbocycles. The van der Waals surface area contributed by atoms with E-state index >= 15 is 0 Å². The maximum Gasteiger partial charge on any atom is 0.214 e. The molecule has 0 atom stereocenters. The Bertz CT molecular complexity index is 754. The lowest BCUT2D eigenvalue weighted by Gasteiger charge is -2.22. The topological polar surface area (TPSA) is 85.8 Å². The van der Waals surface area contributed by atoms with Gasteiger partial charge in [0.2, 0.25) is 5.96 Å². The summed E-state index contributed by atoms with van der Waals surface area (Å²) in [5.41, 5.74) is 8.96. The fraction of sp³-hybridized carbons (Fsp3) is 0.167. The molecule has 6 nitrogen and oxygen atoms in total. The number of carbonyl (C=O) groups is 1. The van der Waals surface area contributed by atoms with Crippen LogP contribution < -0.4 is 10.7 Å². The van der Waals surface area contributed by atoms with E-state index in [1.54, 1.807) is 12.1 Å². The van der Waals surface area contributed by atoms with Crippen molar-refractivity contribution in [2.45, 2.75) is 6.92 Å². The number of carbonyl (C=O) groups excluding carboxylic acids is 1. The molecule has 0 aliphatic rings. The van der Waals surface area contributed by atoms with Gasteiger partial charge in [0, 0.05) is 25.2 Å². The summed E-state index contributed by atoms with van der Waals surface area (Å²) in [6.07, 6.45) is 0.796. The number of benzene rings is 2. The molecule has 0 unspecified atom stereocenters. The second-order valence-corrected chi connectivity index (χ2v) is 5.59. The molecule has 132 valence electrons. The summed E-state index contributed by atoms with van der Waals surface area (Å²) in [5, 5.41) is 13.8. The van der Waals surface area contributed by atoms with Crippen molar-refractivity contribution in [1.82, 2.24) is 4.90 Å². The molecule has 0 amide bonds. The molecule has 0 aliphatic carbocycles. The minimum atomic E-state index is -0.178. The van der Waals surface area contributed by atoms with Crippen molar-refractivity contribution in [2.75, 3.05) is 19.1 Å². The van der Waals surface area contributed by atoms with Crippen molar-refractivity contribution in [3.63, 3.8) is 0 Å². The van der Waals surface area contributed by atoms with Gasteiger partial charge in [-0.2, -0.15) is 5.01 Å². The van der Waals surface area contributed by atoms with Gasteiger partial charge in [0.05, 0.1) is 5.69 Å². The first-order chi connectivity index (χ1) is 11.4. The molecular formula is C18H22ClN5O. The van der Waals surface area contributed by atoms with Crippen LogP contribution >= 0.6 is 12.4 Å².